The van der Waals surface area contributed by atoms with Gasteiger partial charge in [-0.15, -0.1) is 0 Å². The molecule has 2 radical (unpaired) electrons. The van der Waals surface area contributed by atoms with E-state index in [1.165, 1.54) is 0 Å². The van der Waals surface area contributed by atoms with Gasteiger partial charge in [0.2, 0.25) is 0 Å². The third-order valence-electron chi connectivity index (χ3n) is 0. The molecule has 0 aliphatic heterocycles. The minimum atomic E-state index is 0. The topological polar surface area (TPSA) is 31.5 Å². The van der Waals surface area contributed by atoms with Crippen LogP contribution < -0.4 is 62.0 Å². The smallest absolute Gasteiger partial charge is 0 e. The van der Waals surface area contributed by atoms with Crippen LogP contribution in [0.25, 0.3) is 0 Å². The van der Waals surface area contributed by atoms with Crippen molar-refractivity contribution in [3.63, 3.8) is 0 Å². The molecule has 0 aliphatic carbocycles. The molecule has 2 N–H and O–H groups in total. The molecule has 0 aromatic carbocycles. The molecule has 0 fully saturated rings. The van der Waals surface area contributed by atoms with Crippen LogP contribution in [0, 0.1) is 0 Å². The molecule has 0 unspecified atom stereocenters. The van der Waals surface area contributed by atoms with Gasteiger partial charge >= 0.3 is 0 Å². The van der Waals surface area contributed by atoms with Crippen LogP contribution in [0.5, 0.6) is 0 Å². The largest absolute Gasteiger partial charge is 1.00 e. The SMILES string of the molecule is O.[Cl-].[Cl-].[Cl-].[Cl-].[Cl-].[HH].[K].[Rh]. The van der Waals surface area contributed by atoms with Gasteiger partial charge in [0.05, 0.1) is 0 Å². The van der Waals surface area contributed by atoms with Crippen LogP contribution in [0.2, 0.25) is 0 Å². The van der Waals surface area contributed by atoms with Crippen molar-refractivity contribution in [1.29, 1.82) is 0 Å². The Morgan fingerprint density at radius 3 is 0.625 bits per heavy atom. The zero-order valence-electron chi connectivity index (χ0n) is 3.72. The number of hydrogen-bond acceptors (Lipinski definition) is 0. The number of rotatable bonds is 0. The molecule has 8 heavy (non-hydrogen) atoms. The van der Waals surface area contributed by atoms with E-state index in [0.717, 1.165) is 0 Å². The maximum atomic E-state index is 0. The van der Waals surface area contributed by atoms with E-state index in [-0.39, 0.29) is 140 Å². The molecule has 8 heteroatoms. The second-order valence-corrected chi connectivity index (χ2v) is 0. The predicted octanol–water partition coefficient (Wildman–Crippen LogP) is -15.9. The van der Waals surface area contributed by atoms with Crippen LogP contribution in [0.3, 0.4) is 0 Å². The monoisotopic (exact) mass is 337 g/mol. The van der Waals surface area contributed by atoms with E-state index in [1.54, 1.807) is 0 Å². The minimum Gasteiger partial charge on any atom is -1.00 e. The summed E-state index contributed by atoms with van der Waals surface area (Å²) >= 11 is 0. The van der Waals surface area contributed by atoms with Crippen molar-refractivity contribution in [1.82, 2.24) is 0 Å². The maximum Gasteiger partial charge on any atom is 0 e. The third kappa shape index (κ3) is 54.0. The first-order valence-electron chi connectivity index (χ1n) is 0. The molecular formula is H4Cl5KORh-5. The van der Waals surface area contributed by atoms with Crippen LogP contribution in [-0.2, 0) is 19.5 Å². The minimum absolute atomic E-state index is 0. The fraction of sp³-hybridized carbons (Fsp3) is 0. The Hall–Kier alpha value is 3.67. The summed E-state index contributed by atoms with van der Waals surface area (Å²) in [6, 6.07) is 0. The van der Waals surface area contributed by atoms with Crippen molar-refractivity contribution < 1.29 is 88.4 Å². The summed E-state index contributed by atoms with van der Waals surface area (Å²) < 4.78 is 0. The molecule has 0 aromatic rings. The van der Waals surface area contributed by atoms with Gasteiger partial charge in [-0.05, 0) is 0 Å². The zero-order chi connectivity index (χ0) is 0. The first-order chi connectivity index (χ1) is 0. The van der Waals surface area contributed by atoms with Gasteiger partial charge in [0.15, 0.2) is 0 Å². The Bertz CT molecular complexity index is 16.9. The van der Waals surface area contributed by atoms with Gasteiger partial charge in [-0.25, -0.2) is 0 Å². The second-order valence-electron chi connectivity index (χ2n) is 0. The molecule has 0 bridgehead atoms. The number of hydrogen-bond donors (Lipinski definition) is 0. The Balaban J connectivity index is 0. The van der Waals surface area contributed by atoms with Crippen molar-refractivity contribution in [2.24, 2.45) is 0 Å². The summed E-state index contributed by atoms with van der Waals surface area (Å²) in [6.07, 6.45) is 0. The van der Waals surface area contributed by atoms with Gasteiger partial charge in [0.25, 0.3) is 0 Å². The molecule has 0 spiro atoms. The molecule has 0 heterocycles. The van der Waals surface area contributed by atoms with Crippen LogP contribution in [0.15, 0.2) is 0 Å². The first kappa shape index (κ1) is 98.7. The molecule has 60 valence electrons. The van der Waals surface area contributed by atoms with Gasteiger partial charge in [0, 0.05) is 72.3 Å². The summed E-state index contributed by atoms with van der Waals surface area (Å²) in [5, 5.41) is 0. The van der Waals surface area contributed by atoms with Crippen LogP contribution in [-0.4, -0.2) is 56.9 Å². The summed E-state index contributed by atoms with van der Waals surface area (Å²) in [7, 11) is 0. The Morgan fingerprint density at radius 2 is 0.625 bits per heavy atom. The quantitative estimate of drug-likeness (QED) is 0.393. The van der Waals surface area contributed by atoms with Crippen molar-refractivity contribution in [2.75, 3.05) is 0 Å². The standard InChI is InChI=1S/5ClH.K.H2O.Rh.H2/h5*1H;;1H2;;1H/p-5. The van der Waals surface area contributed by atoms with Gasteiger partial charge in [-0.2, -0.15) is 0 Å². The van der Waals surface area contributed by atoms with E-state index in [0.29, 0.717) is 0 Å². The van der Waals surface area contributed by atoms with Gasteiger partial charge in [-0.1, -0.05) is 0 Å². The van der Waals surface area contributed by atoms with Crippen molar-refractivity contribution in [3.8, 4) is 0 Å². The predicted molar refractivity (Wildman–Crippen MR) is 11.5 cm³/mol. The fourth-order valence-corrected chi connectivity index (χ4v) is 0. The summed E-state index contributed by atoms with van der Waals surface area (Å²) in [6.45, 7) is 0. The van der Waals surface area contributed by atoms with Gasteiger partial charge in [-0.3, -0.25) is 0 Å². The summed E-state index contributed by atoms with van der Waals surface area (Å²) in [5.41, 5.74) is 0. The van der Waals surface area contributed by atoms with Gasteiger partial charge < -0.3 is 67.5 Å². The second kappa shape index (κ2) is 74.1. The molecule has 0 saturated heterocycles. The van der Waals surface area contributed by atoms with E-state index >= 15 is 0 Å². The van der Waals surface area contributed by atoms with Gasteiger partial charge in [0.1, 0.15) is 0 Å². The Kier molecular flexibility index (Phi) is 914. The average molecular weight is 339 g/mol. The number of halogens is 5. The third-order valence-corrected chi connectivity index (χ3v) is 0. The van der Waals surface area contributed by atoms with E-state index in [2.05, 4.69) is 0 Å². The van der Waals surface area contributed by atoms with E-state index in [9.17, 15) is 0 Å². The van der Waals surface area contributed by atoms with E-state index in [1.807, 2.05) is 0 Å². The van der Waals surface area contributed by atoms with Crippen LogP contribution in [0.1, 0.15) is 1.43 Å². The first-order valence-corrected chi connectivity index (χ1v) is 0. The summed E-state index contributed by atoms with van der Waals surface area (Å²) in [5.74, 6) is 0. The molecule has 0 rings (SSSR count). The molecule has 0 aliphatic rings. The van der Waals surface area contributed by atoms with Crippen LogP contribution >= 0.6 is 0 Å². The molecule has 1 nitrogen and oxygen atoms in total. The van der Waals surface area contributed by atoms with Crippen molar-refractivity contribution >= 4 is 51.4 Å². The molecule has 0 saturated carbocycles. The zero-order valence-corrected chi connectivity index (χ0v) is 12.3. The Labute approximate surface area is 137 Å². The molecule has 0 atom stereocenters. The molecule has 0 aromatic heterocycles. The van der Waals surface area contributed by atoms with Crippen molar-refractivity contribution in [3.05, 3.63) is 0 Å². The maximum absolute atomic E-state index is 0. The van der Waals surface area contributed by atoms with Crippen LogP contribution in [0.4, 0.5) is 0 Å². The average Bonchev–Trinajstić information content (AvgIpc) is 0. The molecular weight excluding hydrogens is 335 g/mol. The normalized spacial score (nSPS) is 0. The van der Waals surface area contributed by atoms with E-state index in [4.69, 9.17) is 0 Å². The van der Waals surface area contributed by atoms with Crippen molar-refractivity contribution in [2.45, 2.75) is 0 Å². The fourth-order valence-electron chi connectivity index (χ4n) is 0. The molecule has 0 amide bonds. The Morgan fingerprint density at radius 1 is 0.625 bits per heavy atom. The summed E-state index contributed by atoms with van der Waals surface area (Å²) in [4.78, 5) is 0. The van der Waals surface area contributed by atoms with E-state index < -0.39 is 0 Å².